The maximum atomic E-state index is 10.4. The van der Waals surface area contributed by atoms with Crippen LogP contribution in [-0.4, -0.2) is 10.2 Å². The Kier molecular flexibility index (Phi) is 4.47. The van der Waals surface area contributed by atoms with Gasteiger partial charge in [-0.25, -0.2) is 0 Å². The summed E-state index contributed by atoms with van der Waals surface area (Å²) in [5.41, 5.74) is 0.727. The van der Waals surface area contributed by atoms with E-state index in [2.05, 4.69) is 13.2 Å². The van der Waals surface area contributed by atoms with Gasteiger partial charge in [0.15, 0.2) is 0 Å². The average molecular weight is 218 g/mol. The van der Waals surface area contributed by atoms with Gasteiger partial charge in [-0.1, -0.05) is 36.4 Å². The molecular weight excluding hydrogens is 200 g/mol. The summed E-state index contributed by atoms with van der Waals surface area (Å²) in [7, 11) is 0. The van der Waals surface area contributed by atoms with E-state index in [-0.39, 0.29) is 6.61 Å². The van der Waals surface area contributed by atoms with E-state index in [9.17, 15) is 5.11 Å². The fraction of sp³-hybridized carbons (Fsp3) is 0.286. The molecule has 0 radical (unpaired) electrons. The molecule has 86 valence electrons. The number of hydrogen-bond acceptors (Lipinski definition) is 2. The molecule has 1 rings (SSSR count). The third-order valence-electron chi connectivity index (χ3n) is 2.64. The van der Waals surface area contributed by atoms with Crippen molar-refractivity contribution in [2.75, 3.05) is 0 Å². The molecular formula is C14H18O2. The summed E-state index contributed by atoms with van der Waals surface area (Å²) in [5.74, 6) is 0. The molecule has 0 aromatic heterocycles. The molecule has 0 aliphatic carbocycles. The molecule has 1 aromatic rings. The third-order valence-corrected chi connectivity index (χ3v) is 2.64. The van der Waals surface area contributed by atoms with Crippen LogP contribution in [0.4, 0.5) is 0 Å². The maximum Gasteiger partial charge on any atom is 0.0964 e. The first-order valence-electron chi connectivity index (χ1n) is 5.30. The molecule has 2 N–H and O–H groups in total. The standard InChI is InChI=1S/C14H18O2/c1-3-9-14(16,10-4-2)13-7-5-12(11-15)6-8-13/h3-8,15-16H,1-2,9-11H2. The molecule has 0 atom stereocenters. The predicted octanol–water partition coefficient (Wildman–Crippen LogP) is 2.52. The van der Waals surface area contributed by atoms with Crippen molar-refractivity contribution in [3.8, 4) is 0 Å². The van der Waals surface area contributed by atoms with Crippen molar-refractivity contribution in [3.05, 3.63) is 60.7 Å². The van der Waals surface area contributed by atoms with Crippen LogP contribution in [0.5, 0.6) is 0 Å². The summed E-state index contributed by atoms with van der Waals surface area (Å²) in [4.78, 5) is 0. The summed E-state index contributed by atoms with van der Waals surface area (Å²) in [6, 6.07) is 7.29. The molecule has 1 aromatic carbocycles. The Labute approximate surface area is 96.6 Å². The molecule has 0 aliphatic heterocycles. The minimum atomic E-state index is -0.933. The second-order valence-electron chi connectivity index (χ2n) is 3.87. The average Bonchev–Trinajstić information content (AvgIpc) is 2.30. The first-order chi connectivity index (χ1) is 7.66. The topological polar surface area (TPSA) is 40.5 Å². The summed E-state index contributed by atoms with van der Waals surface area (Å²) >= 11 is 0. The molecule has 0 bridgehead atoms. The van der Waals surface area contributed by atoms with E-state index in [0.29, 0.717) is 12.8 Å². The SMILES string of the molecule is C=CCC(O)(CC=C)c1ccc(CO)cc1. The number of benzene rings is 1. The number of aliphatic hydroxyl groups excluding tert-OH is 1. The lowest BCUT2D eigenvalue weighted by molar-refractivity contribution is 0.0429. The summed E-state index contributed by atoms with van der Waals surface area (Å²) in [5, 5.41) is 19.4. The van der Waals surface area contributed by atoms with E-state index < -0.39 is 5.60 Å². The van der Waals surface area contributed by atoms with E-state index in [1.165, 1.54) is 0 Å². The highest BCUT2D eigenvalue weighted by atomic mass is 16.3. The minimum Gasteiger partial charge on any atom is -0.392 e. The van der Waals surface area contributed by atoms with Gasteiger partial charge in [-0.2, -0.15) is 0 Å². The van der Waals surface area contributed by atoms with Gasteiger partial charge in [-0.15, -0.1) is 13.2 Å². The lowest BCUT2D eigenvalue weighted by Crippen LogP contribution is -2.24. The Balaban J connectivity index is 3.00. The van der Waals surface area contributed by atoms with Crippen molar-refractivity contribution >= 4 is 0 Å². The van der Waals surface area contributed by atoms with Crippen LogP contribution in [0.3, 0.4) is 0 Å². The van der Waals surface area contributed by atoms with Gasteiger partial charge in [0, 0.05) is 0 Å². The van der Waals surface area contributed by atoms with Gasteiger partial charge in [0.25, 0.3) is 0 Å². The molecule has 0 saturated heterocycles. The molecule has 0 aliphatic rings. The monoisotopic (exact) mass is 218 g/mol. The van der Waals surface area contributed by atoms with E-state index >= 15 is 0 Å². The molecule has 0 spiro atoms. The van der Waals surface area contributed by atoms with Crippen LogP contribution >= 0.6 is 0 Å². The predicted molar refractivity (Wildman–Crippen MR) is 65.9 cm³/mol. The van der Waals surface area contributed by atoms with Crippen molar-refractivity contribution in [1.82, 2.24) is 0 Å². The van der Waals surface area contributed by atoms with Crippen LogP contribution in [-0.2, 0) is 12.2 Å². The Hall–Kier alpha value is -1.38. The fourth-order valence-electron chi connectivity index (χ4n) is 1.72. The summed E-state index contributed by atoms with van der Waals surface area (Å²) in [6.07, 6.45) is 4.36. The van der Waals surface area contributed by atoms with Crippen LogP contribution < -0.4 is 0 Å². The molecule has 0 saturated carbocycles. The maximum absolute atomic E-state index is 10.4. The fourth-order valence-corrected chi connectivity index (χ4v) is 1.72. The van der Waals surface area contributed by atoms with Crippen LogP contribution in [0.15, 0.2) is 49.6 Å². The van der Waals surface area contributed by atoms with Crippen molar-refractivity contribution in [1.29, 1.82) is 0 Å². The largest absolute Gasteiger partial charge is 0.392 e. The second-order valence-corrected chi connectivity index (χ2v) is 3.87. The molecule has 0 amide bonds. The van der Waals surface area contributed by atoms with Crippen LogP contribution in [0, 0.1) is 0 Å². The van der Waals surface area contributed by atoms with Gasteiger partial charge >= 0.3 is 0 Å². The first-order valence-corrected chi connectivity index (χ1v) is 5.30. The van der Waals surface area contributed by atoms with E-state index in [0.717, 1.165) is 11.1 Å². The Morgan fingerprint density at radius 3 is 1.94 bits per heavy atom. The normalized spacial score (nSPS) is 11.1. The number of aliphatic hydroxyl groups is 2. The third kappa shape index (κ3) is 2.81. The van der Waals surface area contributed by atoms with E-state index in [4.69, 9.17) is 5.11 Å². The van der Waals surface area contributed by atoms with Crippen LogP contribution in [0.2, 0.25) is 0 Å². The molecule has 16 heavy (non-hydrogen) atoms. The zero-order valence-corrected chi connectivity index (χ0v) is 9.39. The van der Waals surface area contributed by atoms with Crippen LogP contribution in [0.25, 0.3) is 0 Å². The van der Waals surface area contributed by atoms with Gasteiger partial charge in [-0.05, 0) is 24.0 Å². The van der Waals surface area contributed by atoms with Gasteiger partial charge in [-0.3, -0.25) is 0 Å². The van der Waals surface area contributed by atoms with E-state index in [1.807, 2.05) is 24.3 Å². The highest BCUT2D eigenvalue weighted by molar-refractivity contribution is 5.28. The van der Waals surface area contributed by atoms with Crippen molar-refractivity contribution in [2.45, 2.75) is 25.0 Å². The van der Waals surface area contributed by atoms with Crippen molar-refractivity contribution in [2.24, 2.45) is 0 Å². The quantitative estimate of drug-likeness (QED) is 0.720. The summed E-state index contributed by atoms with van der Waals surface area (Å²) < 4.78 is 0. The van der Waals surface area contributed by atoms with E-state index in [1.54, 1.807) is 12.2 Å². The molecule has 2 heteroatoms. The zero-order chi connectivity index (χ0) is 12.0. The second kappa shape index (κ2) is 5.64. The molecule has 0 heterocycles. The number of hydrogen-bond donors (Lipinski definition) is 2. The van der Waals surface area contributed by atoms with Crippen LogP contribution in [0.1, 0.15) is 24.0 Å². The molecule has 0 unspecified atom stereocenters. The Morgan fingerprint density at radius 2 is 1.56 bits per heavy atom. The molecule has 2 nitrogen and oxygen atoms in total. The summed E-state index contributed by atoms with van der Waals surface area (Å²) in [6.45, 7) is 7.32. The lowest BCUT2D eigenvalue weighted by atomic mass is 9.87. The smallest absolute Gasteiger partial charge is 0.0964 e. The zero-order valence-electron chi connectivity index (χ0n) is 9.39. The van der Waals surface area contributed by atoms with Gasteiger partial charge in [0.1, 0.15) is 0 Å². The highest BCUT2D eigenvalue weighted by Crippen LogP contribution is 2.29. The Bertz CT molecular complexity index is 342. The molecule has 0 fully saturated rings. The Morgan fingerprint density at radius 1 is 1.06 bits per heavy atom. The number of rotatable bonds is 6. The lowest BCUT2D eigenvalue weighted by Gasteiger charge is -2.26. The van der Waals surface area contributed by atoms with Crippen molar-refractivity contribution < 1.29 is 10.2 Å². The highest BCUT2D eigenvalue weighted by Gasteiger charge is 2.25. The van der Waals surface area contributed by atoms with Gasteiger partial charge < -0.3 is 10.2 Å². The van der Waals surface area contributed by atoms with Gasteiger partial charge in [0.05, 0.1) is 12.2 Å². The van der Waals surface area contributed by atoms with Crippen molar-refractivity contribution in [3.63, 3.8) is 0 Å². The first kappa shape index (κ1) is 12.7. The van der Waals surface area contributed by atoms with Gasteiger partial charge in [0.2, 0.25) is 0 Å². The minimum absolute atomic E-state index is 0.0155.